The molecule has 4 nitrogen and oxygen atoms in total. The number of rotatable bonds is 5. The van der Waals surface area contributed by atoms with E-state index in [4.69, 9.17) is 34.8 Å². The molecule has 1 heterocycles. The van der Waals surface area contributed by atoms with Crippen LogP contribution in [0.3, 0.4) is 0 Å². The highest BCUT2D eigenvalue weighted by molar-refractivity contribution is 6.36. The molecular weight excluding hydrogens is 429 g/mol. The quantitative estimate of drug-likeness (QED) is 0.473. The van der Waals surface area contributed by atoms with Gasteiger partial charge in [-0.1, -0.05) is 53.9 Å². The molecule has 0 fully saturated rings. The molecule has 0 atom stereocenters. The van der Waals surface area contributed by atoms with Gasteiger partial charge < -0.3 is 5.32 Å². The van der Waals surface area contributed by atoms with Crippen LogP contribution in [0, 0.1) is 0 Å². The molecule has 1 aromatic heterocycles. The number of amides is 1. The maximum absolute atomic E-state index is 12.7. The highest BCUT2D eigenvalue weighted by Gasteiger charge is 2.22. The van der Waals surface area contributed by atoms with Crippen LogP contribution in [0.4, 0.5) is 0 Å². The van der Waals surface area contributed by atoms with E-state index in [0.29, 0.717) is 26.3 Å². The third kappa shape index (κ3) is 5.08. The number of carbonyl (C=O) groups is 1. The summed E-state index contributed by atoms with van der Waals surface area (Å²) in [5.74, 6) is -0.268. The first kappa shape index (κ1) is 21.6. The van der Waals surface area contributed by atoms with Gasteiger partial charge in [0.15, 0.2) is 0 Å². The summed E-state index contributed by atoms with van der Waals surface area (Å²) in [5, 5.41) is 4.53. The minimum absolute atomic E-state index is 0.0743. The molecular formula is C22H20Cl3N3O. The Morgan fingerprint density at radius 1 is 1.00 bits per heavy atom. The molecule has 0 saturated heterocycles. The fraction of sp³-hybridized carbons (Fsp3) is 0.227. The average molecular weight is 449 g/mol. The predicted molar refractivity (Wildman–Crippen MR) is 120 cm³/mol. The molecule has 1 amide bonds. The lowest BCUT2D eigenvalue weighted by Gasteiger charge is -2.24. The Bertz CT molecular complexity index is 1050. The van der Waals surface area contributed by atoms with Crippen LogP contribution in [0.5, 0.6) is 0 Å². The standard InChI is InChI=1S/C22H20Cl3N3O/c1-4-22(2,3)28-21(29)20-26-12-17(13-5-7-14(23)8-6-13)19(27-20)16-10-9-15(24)11-18(16)25/h5-12H,4H2,1-3H3,(H,28,29). The minimum Gasteiger partial charge on any atom is -0.344 e. The van der Waals surface area contributed by atoms with Gasteiger partial charge in [0.1, 0.15) is 0 Å². The summed E-state index contributed by atoms with van der Waals surface area (Å²) in [6, 6.07) is 12.5. The molecule has 0 unspecified atom stereocenters. The van der Waals surface area contributed by atoms with Gasteiger partial charge in [-0.25, -0.2) is 9.97 Å². The SMILES string of the molecule is CCC(C)(C)NC(=O)c1ncc(-c2ccc(Cl)cc2)c(-c2ccc(Cl)cc2Cl)n1. The number of benzene rings is 2. The van der Waals surface area contributed by atoms with E-state index < -0.39 is 0 Å². The smallest absolute Gasteiger partial charge is 0.289 e. The van der Waals surface area contributed by atoms with Crippen LogP contribution in [0.1, 0.15) is 37.8 Å². The number of aromatic nitrogens is 2. The maximum atomic E-state index is 12.7. The number of halogens is 3. The van der Waals surface area contributed by atoms with Gasteiger partial charge in [-0.3, -0.25) is 4.79 Å². The number of nitrogens with zero attached hydrogens (tertiary/aromatic N) is 2. The zero-order valence-corrected chi connectivity index (χ0v) is 18.5. The third-order valence-corrected chi connectivity index (χ3v) is 5.47. The van der Waals surface area contributed by atoms with Gasteiger partial charge in [-0.15, -0.1) is 0 Å². The summed E-state index contributed by atoms with van der Waals surface area (Å²) >= 11 is 18.5. The van der Waals surface area contributed by atoms with E-state index >= 15 is 0 Å². The fourth-order valence-corrected chi connectivity index (χ4v) is 3.29. The van der Waals surface area contributed by atoms with Crippen LogP contribution in [0.25, 0.3) is 22.4 Å². The van der Waals surface area contributed by atoms with Gasteiger partial charge in [0.25, 0.3) is 5.91 Å². The van der Waals surface area contributed by atoms with E-state index in [9.17, 15) is 4.79 Å². The van der Waals surface area contributed by atoms with Crippen molar-refractivity contribution >= 4 is 40.7 Å². The number of carbonyl (C=O) groups excluding carboxylic acids is 1. The third-order valence-electron chi connectivity index (χ3n) is 4.67. The molecule has 0 aliphatic carbocycles. The monoisotopic (exact) mass is 447 g/mol. The lowest BCUT2D eigenvalue weighted by atomic mass is 10.0. The summed E-state index contributed by atoms with van der Waals surface area (Å²) in [6.07, 6.45) is 2.40. The zero-order valence-electron chi connectivity index (χ0n) is 16.3. The molecule has 0 bridgehead atoms. The van der Waals surface area contributed by atoms with E-state index in [1.165, 1.54) is 0 Å². The van der Waals surface area contributed by atoms with Crippen molar-refractivity contribution in [1.82, 2.24) is 15.3 Å². The largest absolute Gasteiger partial charge is 0.344 e. The number of nitrogens with one attached hydrogen (secondary N) is 1. The van der Waals surface area contributed by atoms with E-state index in [2.05, 4.69) is 15.3 Å². The molecule has 3 aromatic rings. The lowest BCUT2D eigenvalue weighted by molar-refractivity contribution is 0.0900. The predicted octanol–water partition coefficient (Wildman–Crippen LogP) is 6.69. The first-order valence-electron chi connectivity index (χ1n) is 9.11. The van der Waals surface area contributed by atoms with E-state index in [1.54, 1.807) is 36.5 Å². The summed E-state index contributed by atoms with van der Waals surface area (Å²) in [7, 11) is 0. The van der Waals surface area contributed by atoms with Crippen molar-refractivity contribution in [3.63, 3.8) is 0 Å². The zero-order chi connectivity index (χ0) is 21.2. The van der Waals surface area contributed by atoms with E-state index in [1.807, 2.05) is 32.9 Å². The topological polar surface area (TPSA) is 54.9 Å². The average Bonchev–Trinajstić information content (AvgIpc) is 2.68. The molecule has 7 heteroatoms. The molecule has 0 spiro atoms. The van der Waals surface area contributed by atoms with Crippen molar-refractivity contribution in [3.8, 4) is 22.4 Å². The Labute approximate surface area is 185 Å². The summed E-state index contributed by atoms with van der Waals surface area (Å²) in [6.45, 7) is 5.90. The fourth-order valence-electron chi connectivity index (χ4n) is 2.67. The first-order chi connectivity index (χ1) is 13.7. The molecule has 150 valence electrons. The van der Waals surface area contributed by atoms with Gasteiger partial charge in [0.05, 0.1) is 10.7 Å². The van der Waals surface area contributed by atoms with Crippen LogP contribution in [0.15, 0.2) is 48.7 Å². The molecule has 0 saturated carbocycles. The van der Waals surface area contributed by atoms with Crippen LogP contribution >= 0.6 is 34.8 Å². The van der Waals surface area contributed by atoms with Gasteiger partial charge in [-0.2, -0.15) is 0 Å². The van der Waals surface area contributed by atoms with Gasteiger partial charge in [-0.05, 0) is 56.2 Å². The van der Waals surface area contributed by atoms with Crippen molar-refractivity contribution in [2.24, 2.45) is 0 Å². The van der Waals surface area contributed by atoms with Crippen molar-refractivity contribution < 1.29 is 4.79 Å². The Kier molecular flexibility index (Phi) is 6.47. The minimum atomic E-state index is -0.368. The Balaban J connectivity index is 2.14. The van der Waals surface area contributed by atoms with E-state index in [0.717, 1.165) is 17.5 Å². The van der Waals surface area contributed by atoms with Crippen LogP contribution < -0.4 is 5.32 Å². The number of hydrogen-bond acceptors (Lipinski definition) is 3. The normalized spacial score (nSPS) is 11.4. The summed E-state index contributed by atoms with van der Waals surface area (Å²) in [5.41, 5.74) is 2.43. The number of hydrogen-bond donors (Lipinski definition) is 1. The molecule has 1 N–H and O–H groups in total. The molecule has 3 rings (SSSR count). The van der Waals surface area contributed by atoms with Crippen molar-refractivity contribution in [1.29, 1.82) is 0 Å². The summed E-state index contributed by atoms with van der Waals surface area (Å²) < 4.78 is 0. The Hall–Kier alpha value is -2.14. The maximum Gasteiger partial charge on any atom is 0.289 e. The van der Waals surface area contributed by atoms with Crippen LogP contribution in [-0.2, 0) is 0 Å². The highest BCUT2D eigenvalue weighted by atomic mass is 35.5. The molecule has 2 aromatic carbocycles. The van der Waals surface area contributed by atoms with Gasteiger partial charge >= 0.3 is 0 Å². The first-order valence-corrected chi connectivity index (χ1v) is 10.2. The second kappa shape index (κ2) is 8.70. The van der Waals surface area contributed by atoms with Gasteiger partial charge in [0.2, 0.25) is 5.82 Å². The van der Waals surface area contributed by atoms with Gasteiger partial charge in [0, 0.05) is 32.9 Å². The van der Waals surface area contributed by atoms with Crippen molar-refractivity contribution in [3.05, 3.63) is 69.6 Å². The van der Waals surface area contributed by atoms with Crippen LogP contribution in [0.2, 0.25) is 15.1 Å². The molecule has 0 aliphatic rings. The summed E-state index contributed by atoms with van der Waals surface area (Å²) in [4.78, 5) is 21.6. The second-order valence-electron chi connectivity index (χ2n) is 7.28. The van der Waals surface area contributed by atoms with Crippen molar-refractivity contribution in [2.45, 2.75) is 32.7 Å². The van der Waals surface area contributed by atoms with E-state index in [-0.39, 0.29) is 17.3 Å². The Morgan fingerprint density at radius 3 is 2.28 bits per heavy atom. The van der Waals surface area contributed by atoms with Crippen molar-refractivity contribution in [2.75, 3.05) is 0 Å². The molecule has 29 heavy (non-hydrogen) atoms. The second-order valence-corrected chi connectivity index (χ2v) is 8.56. The molecule has 0 radical (unpaired) electrons. The lowest BCUT2D eigenvalue weighted by Crippen LogP contribution is -2.43. The Morgan fingerprint density at radius 2 is 1.66 bits per heavy atom. The highest BCUT2D eigenvalue weighted by Crippen LogP contribution is 2.36. The molecule has 0 aliphatic heterocycles. The van der Waals surface area contributed by atoms with Crippen LogP contribution in [-0.4, -0.2) is 21.4 Å².